The zero-order valence-corrected chi connectivity index (χ0v) is 16.8. The Bertz CT molecular complexity index is 941. The highest BCUT2D eigenvalue weighted by Crippen LogP contribution is 2.33. The molecule has 2 saturated heterocycles. The molecule has 0 unspecified atom stereocenters. The standard InChI is InChI=1S/C23H25N3O4/c27-22-13-19(23(28)26(22)15-17-4-2-1-3-5-17)25-10-8-24(9-11-25)14-18-6-7-20-21(12-18)30-16-29-20/h1-7,12,19H,8-11,13-16H2/t19-/m0/s1. The molecule has 2 aromatic carbocycles. The number of likely N-dealkylation sites (tertiary alicyclic amines) is 1. The van der Waals surface area contributed by atoms with Crippen molar-refractivity contribution in [3.05, 3.63) is 59.7 Å². The number of nitrogens with zero attached hydrogens (tertiary/aromatic N) is 3. The summed E-state index contributed by atoms with van der Waals surface area (Å²) in [4.78, 5) is 31.4. The quantitative estimate of drug-likeness (QED) is 0.705. The lowest BCUT2D eigenvalue weighted by Crippen LogP contribution is -2.52. The molecule has 0 N–H and O–H groups in total. The van der Waals surface area contributed by atoms with Gasteiger partial charge in [0.1, 0.15) is 0 Å². The lowest BCUT2D eigenvalue weighted by atomic mass is 10.1. The normalized spacial score (nSPS) is 22.1. The molecule has 2 amide bonds. The van der Waals surface area contributed by atoms with E-state index in [1.54, 1.807) is 0 Å². The van der Waals surface area contributed by atoms with Gasteiger partial charge in [-0.15, -0.1) is 0 Å². The predicted octanol–water partition coefficient (Wildman–Crippen LogP) is 1.86. The first-order valence-corrected chi connectivity index (χ1v) is 10.4. The van der Waals surface area contributed by atoms with Gasteiger partial charge >= 0.3 is 0 Å². The SMILES string of the molecule is O=C1C[C@H](N2CCN(Cc3ccc4c(c3)OCO4)CC2)C(=O)N1Cc1ccccc1. The maximum atomic E-state index is 12.9. The third-order valence-electron chi connectivity index (χ3n) is 6.09. The smallest absolute Gasteiger partial charge is 0.247 e. The molecule has 1 atom stereocenters. The highest BCUT2D eigenvalue weighted by molar-refractivity contribution is 6.05. The molecule has 0 bridgehead atoms. The third-order valence-corrected chi connectivity index (χ3v) is 6.09. The summed E-state index contributed by atoms with van der Waals surface area (Å²) in [6.45, 7) is 4.78. The molecule has 2 aromatic rings. The van der Waals surface area contributed by atoms with Gasteiger partial charge in [0.25, 0.3) is 0 Å². The third kappa shape index (κ3) is 3.78. The Morgan fingerprint density at radius 3 is 2.40 bits per heavy atom. The Labute approximate surface area is 175 Å². The lowest BCUT2D eigenvalue weighted by molar-refractivity contribution is -0.140. The Hall–Kier alpha value is -2.90. The summed E-state index contributed by atoms with van der Waals surface area (Å²) in [7, 11) is 0. The van der Waals surface area contributed by atoms with E-state index < -0.39 is 0 Å². The molecular weight excluding hydrogens is 382 g/mol. The summed E-state index contributed by atoms with van der Waals surface area (Å²) in [5.74, 6) is 1.47. The largest absolute Gasteiger partial charge is 0.454 e. The minimum absolute atomic E-state index is 0.0620. The molecule has 0 aliphatic carbocycles. The fraction of sp³-hybridized carbons (Fsp3) is 0.391. The summed E-state index contributed by atoms with van der Waals surface area (Å²) in [6.07, 6.45) is 0.286. The monoisotopic (exact) mass is 407 g/mol. The number of fused-ring (bicyclic) bond motifs is 1. The van der Waals surface area contributed by atoms with Crippen LogP contribution in [0.5, 0.6) is 11.5 Å². The number of hydrogen-bond acceptors (Lipinski definition) is 6. The molecule has 30 heavy (non-hydrogen) atoms. The highest BCUT2D eigenvalue weighted by atomic mass is 16.7. The molecular formula is C23H25N3O4. The first-order valence-electron chi connectivity index (χ1n) is 10.4. The molecule has 2 fully saturated rings. The van der Waals surface area contributed by atoms with Crippen molar-refractivity contribution >= 4 is 11.8 Å². The minimum Gasteiger partial charge on any atom is -0.454 e. The molecule has 0 spiro atoms. The number of amides is 2. The van der Waals surface area contributed by atoms with Crippen molar-refractivity contribution in [1.29, 1.82) is 0 Å². The van der Waals surface area contributed by atoms with Gasteiger partial charge in [-0.25, -0.2) is 0 Å². The van der Waals surface area contributed by atoms with Gasteiger partial charge in [-0.05, 0) is 23.3 Å². The fourth-order valence-electron chi connectivity index (χ4n) is 4.41. The Morgan fingerprint density at radius 1 is 0.833 bits per heavy atom. The molecule has 3 aliphatic heterocycles. The van der Waals surface area contributed by atoms with E-state index in [-0.39, 0.29) is 31.1 Å². The molecule has 3 aliphatic rings. The molecule has 0 aromatic heterocycles. The van der Waals surface area contributed by atoms with Crippen LogP contribution in [-0.4, -0.2) is 65.5 Å². The zero-order chi connectivity index (χ0) is 20.5. The van der Waals surface area contributed by atoms with Gasteiger partial charge in [0.15, 0.2) is 11.5 Å². The number of imide groups is 1. The van der Waals surface area contributed by atoms with E-state index in [9.17, 15) is 9.59 Å². The Balaban J connectivity index is 1.16. The first kappa shape index (κ1) is 19.1. The van der Waals surface area contributed by atoms with Crippen LogP contribution in [-0.2, 0) is 22.7 Å². The molecule has 156 valence electrons. The van der Waals surface area contributed by atoms with Gasteiger partial charge in [0.2, 0.25) is 18.6 Å². The number of hydrogen-bond donors (Lipinski definition) is 0. The van der Waals surface area contributed by atoms with Gasteiger partial charge in [0.05, 0.1) is 19.0 Å². The van der Waals surface area contributed by atoms with Crippen molar-refractivity contribution < 1.29 is 19.1 Å². The molecule has 0 radical (unpaired) electrons. The molecule has 5 rings (SSSR count). The van der Waals surface area contributed by atoms with E-state index in [1.165, 1.54) is 10.5 Å². The topological polar surface area (TPSA) is 62.3 Å². The van der Waals surface area contributed by atoms with Gasteiger partial charge in [0, 0.05) is 32.7 Å². The van der Waals surface area contributed by atoms with Crippen molar-refractivity contribution in [3.63, 3.8) is 0 Å². The second-order valence-corrected chi connectivity index (χ2v) is 8.02. The van der Waals surface area contributed by atoms with E-state index in [2.05, 4.69) is 15.9 Å². The minimum atomic E-state index is -0.325. The first-order chi connectivity index (χ1) is 14.7. The van der Waals surface area contributed by atoms with Crippen molar-refractivity contribution in [1.82, 2.24) is 14.7 Å². The summed E-state index contributed by atoms with van der Waals surface area (Å²) in [5.41, 5.74) is 2.17. The summed E-state index contributed by atoms with van der Waals surface area (Å²) in [5, 5.41) is 0. The highest BCUT2D eigenvalue weighted by Gasteiger charge is 2.42. The Kier molecular flexibility index (Phi) is 5.14. The van der Waals surface area contributed by atoms with Crippen LogP contribution in [0.1, 0.15) is 17.5 Å². The van der Waals surface area contributed by atoms with Crippen LogP contribution in [0.2, 0.25) is 0 Å². The number of ether oxygens (including phenoxy) is 2. The summed E-state index contributed by atoms with van der Waals surface area (Å²) in [6, 6.07) is 15.4. The van der Waals surface area contributed by atoms with Gasteiger partial charge in [-0.2, -0.15) is 0 Å². The van der Waals surface area contributed by atoms with Crippen molar-refractivity contribution in [3.8, 4) is 11.5 Å². The fourth-order valence-corrected chi connectivity index (χ4v) is 4.41. The van der Waals surface area contributed by atoms with Gasteiger partial charge in [-0.3, -0.25) is 24.3 Å². The van der Waals surface area contributed by atoms with Crippen molar-refractivity contribution in [2.45, 2.75) is 25.6 Å². The number of carbonyl (C=O) groups excluding carboxylic acids is 2. The van der Waals surface area contributed by atoms with Gasteiger partial charge < -0.3 is 9.47 Å². The zero-order valence-electron chi connectivity index (χ0n) is 16.8. The molecule has 3 heterocycles. The van der Waals surface area contributed by atoms with Crippen LogP contribution >= 0.6 is 0 Å². The van der Waals surface area contributed by atoms with E-state index in [1.807, 2.05) is 42.5 Å². The van der Waals surface area contributed by atoms with Crippen LogP contribution in [0.25, 0.3) is 0 Å². The van der Waals surface area contributed by atoms with Crippen LogP contribution in [0, 0.1) is 0 Å². The van der Waals surface area contributed by atoms with Crippen LogP contribution in [0.15, 0.2) is 48.5 Å². The number of benzene rings is 2. The number of carbonyl (C=O) groups is 2. The summed E-state index contributed by atoms with van der Waals surface area (Å²) >= 11 is 0. The summed E-state index contributed by atoms with van der Waals surface area (Å²) < 4.78 is 10.8. The maximum absolute atomic E-state index is 12.9. The van der Waals surface area contributed by atoms with E-state index in [0.717, 1.165) is 49.8 Å². The van der Waals surface area contributed by atoms with E-state index in [4.69, 9.17) is 9.47 Å². The molecule has 0 saturated carbocycles. The second-order valence-electron chi connectivity index (χ2n) is 8.02. The lowest BCUT2D eigenvalue weighted by Gasteiger charge is -2.37. The number of piperazine rings is 1. The second kappa shape index (κ2) is 8.08. The Morgan fingerprint density at radius 2 is 1.60 bits per heavy atom. The predicted molar refractivity (Wildman–Crippen MR) is 110 cm³/mol. The van der Waals surface area contributed by atoms with Crippen molar-refractivity contribution in [2.24, 2.45) is 0 Å². The maximum Gasteiger partial charge on any atom is 0.247 e. The van der Waals surface area contributed by atoms with Crippen LogP contribution in [0.3, 0.4) is 0 Å². The number of rotatable bonds is 5. The van der Waals surface area contributed by atoms with Gasteiger partial charge in [-0.1, -0.05) is 36.4 Å². The van der Waals surface area contributed by atoms with Crippen LogP contribution in [0.4, 0.5) is 0 Å². The van der Waals surface area contributed by atoms with Crippen LogP contribution < -0.4 is 9.47 Å². The van der Waals surface area contributed by atoms with E-state index in [0.29, 0.717) is 6.54 Å². The molecule has 7 nitrogen and oxygen atoms in total. The average molecular weight is 407 g/mol. The van der Waals surface area contributed by atoms with Crippen molar-refractivity contribution in [2.75, 3.05) is 33.0 Å². The van der Waals surface area contributed by atoms with E-state index >= 15 is 0 Å². The average Bonchev–Trinajstić information content (AvgIpc) is 3.34. The molecule has 7 heteroatoms.